The summed E-state index contributed by atoms with van der Waals surface area (Å²) in [5.74, 6) is -1.16. The van der Waals surface area contributed by atoms with E-state index in [1.54, 1.807) is 13.8 Å². The normalized spacial score (nSPS) is 13.5. The van der Waals surface area contributed by atoms with Gasteiger partial charge in [-0.15, -0.1) is 0 Å². The number of pyridine rings is 1. The molecule has 6 nitrogen and oxygen atoms in total. The van der Waals surface area contributed by atoms with Gasteiger partial charge >= 0.3 is 5.97 Å². The van der Waals surface area contributed by atoms with E-state index in [-0.39, 0.29) is 17.2 Å². The Morgan fingerprint density at radius 2 is 2.17 bits per heavy atom. The van der Waals surface area contributed by atoms with E-state index in [0.717, 1.165) is 0 Å². The van der Waals surface area contributed by atoms with Crippen molar-refractivity contribution in [3.05, 3.63) is 24.5 Å². The molecule has 7 heteroatoms. The molecular weight excluding hydrogens is 256 g/mol. The molecule has 0 fully saturated rings. The number of hydrogen-bond acceptors (Lipinski definition) is 4. The van der Waals surface area contributed by atoms with Gasteiger partial charge in [0.25, 0.3) is 0 Å². The van der Waals surface area contributed by atoms with Crippen molar-refractivity contribution in [2.75, 3.05) is 0 Å². The first kappa shape index (κ1) is 14.6. The summed E-state index contributed by atoms with van der Waals surface area (Å²) in [5.41, 5.74) is 0. The van der Waals surface area contributed by atoms with Crippen molar-refractivity contribution in [3.63, 3.8) is 0 Å². The zero-order chi connectivity index (χ0) is 13.8. The van der Waals surface area contributed by atoms with Gasteiger partial charge in [-0.2, -0.15) is 0 Å². The summed E-state index contributed by atoms with van der Waals surface area (Å²) in [4.78, 5) is 14.4. The molecule has 0 aliphatic heterocycles. The molecule has 0 aliphatic carbocycles. The van der Waals surface area contributed by atoms with Crippen LogP contribution in [0.5, 0.6) is 0 Å². The van der Waals surface area contributed by atoms with Gasteiger partial charge in [0.1, 0.15) is 4.90 Å². The minimum absolute atomic E-state index is 0.0287. The van der Waals surface area contributed by atoms with Gasteiger partial charge in [-0.3, -0.25) is 9.78 Å². The molecule has 0 saturated heterocycles. The fraction of sp³-hybridized carbons (Fsp3) is 0.455. The van der Waals surface area contributed by atoms with Gasteiger partial charge < -0.3 is 5.11 Å². The Hall–Kier alpha value is -1.47. The minimum Gasteiger partial charge on any atom is -0.481 e. The number of sulfonamides is 1. The van der Waals surface area contributed by atoms with Crippen LogP contribution in [-0.4, -0.2) is 30.5 Å². The molecule has 1 unspecified atom stereocenters. The highest BCUT2D eigenvalue weighted by Gasteiger charge is 2.24. The molecule has 1 atom stereocenters. The average molecular weight is 272 g/mol. The monoisotopic (exact) mass is 272 g/mol. The quantitative estimate of drug-likeness (QED) is 0.800. The molecular formula is C11H16N2O4S. The molecule has 18 heavy (non-hydrogen) atoms. The van der Waals surface area contributed by atoms with Crippen molar-refractivity contribution in [1.82, 2.24) is 9.71 Å². The molecule has 0 bridgehead atoms. The van der Waals surface area contributed by atoms with Crippen molar-refractivity contribution in [1.29, 1.82) is 0 Å². The Morgan fingerprint density at radius 1 is 1.50 bits per heavy atom. The highest BCUT2D eigenvalue weighted by Crippen LogP contribution is 2.12. The standard InChI is InChI=1S/C11H16N2O4S/c1-8(2)10(6-11(14)15)13-18(16,17)9-4-3-5-12-7-9/h3-5,7-8,10,13H,6H2,1-2H3,(H,14,15). The third-order valence-corrected chi connectivity index (χ3v) is 3.93. The molecule has 1 rings (SSSR count). The summed E-state index contributed by atoms with van der Waals surface area (Å²) in [6.07, 6.45) is 2.44. The first-order valence-corrected chi connectivity index (χ1v) is 6.95. The Morgan fingerprint density at radius 3 is 2.61 bits per heavy atom. The van der Waals surface area contributed by atoms with E-state index >= 15 is 0 Å². The van der Waals surface area contributed by atoms with Crippen LogP contribution >= 0.6 is 0 Å². The molecule has 0 spiro atoms. The van der Waals surface area contributed by atoms with Crippen LogP contribution in [0.25, 0.3) is 0 Å². The molecule has 0 amide bonds. The number of aromatic nitrogens is 1. The first-order valence-electron chi connectivity index (χ1n) is 5.47. The molecule has 0 aliphatic rings. The van der Waals surface area contributed by atoms with Crippen molar-refractivity contribution < 1.29 is 18.3 Å². The van der Waals surface area contributed by atoms with E-state index < -0.39 is 22.0 Å². The maximum atomic E-state index is 12.0. The van der Waals surface area contributed by atoms with Crippen molar-refractivity contribution in [3.8, 4) is 0 Å². The van der Waals surface area contributed by atoms with E-state index in [9.17, 15) is 13.2 Å². The number of rotatable bonds is 6. The van der Waals surface area contributed by atoms with Crippen molar-refractivity contribution in [2.24, 2.45) is 5.92 Å². The number of carbonyl (C=O) groups is 1. The lowest BCUT2D eigenvalue weighted by molar-refractivity contribution is -0.137. The van der Waals surface area contributed by atoms with E-state index in [2.05, 4.69) is 9.71 Å². The highest BCUT2D eigenvalue weighted by molar-refractivity contribution is 7.89. The van der Waals surface area contributed by atoms with Gasteiger partial charge in [0, 0.05) is 18.4 Å². The third-order valence-electron chi connectivity index (χ3n) is 2.45. The largest absolute Gasteiger partial charge is 0.481 e. The second-order valence-corrected chi connectivity index (χ2v) is 5.97. The van der Waals surface area contributed by atoms with E-state index in [1.807, 2.05) is 0 Å². The zero-order valence-corrected chi connectivity index (χ0v) is 11.0. The van der Waals surface area contributed by atoms with Gasteiger partial charge in [0.2, 0.25) is 10.0 Å². The van der Waals surface area contributed by atoms with Crippen molar-refractivity contribution in [2.45, 2.75) is 31.2 Å². The maximum Gasteiger partial charge on any atom is 0.304 e. The predicted molar refractivity (Wildman–Crippen MR) is 65.4 cm³/mol. The number of aliphatic carboxylic acids is 1. The minimum atomic E-state index is -3.73. The number of nitrogens with one attached hydrogen (secondary N) is 1. The molecule has 1 heterocycles. The predicted octanol–water partition coefficient (Wildman–Crippen LogP) is 0.859. The Balaban J connectivity index is 2.90. The van der Waals surface area contributed by atoms with Gasteiger partial charge in [-0.25, -0.2) is 13.1 Å². The van der Waals surface area contributed by atoms with E-state index in [0.29, 0.717) is 0 Å². The lowest BCUT2D eigenvalue weighted by Crippen LogP contribution is -2.40. The lowest BCUT2D eigenvalue weighted by atomic mass is 10.0. The van der Waals surface area contributed by atoms with Crippen LogP contribution in [0.4, 0.5) is 0 Å². The van der Waals surface area contributed by atoms with Gasteiger partial charge in [-0.05, 0) is 18.1 Å². The summed E-state index contributed by atoms with van der Waals surface area (Å²) >= 11 is 0. The average Bonchev–Trinajstić information content (AvgIpc) is 2.28. The first-order chi connectivity index (χ1) is 8.33. The highest BCUT2D eigenvalue weighted by atomic mass is 32.2. The molecule has 0 saturated carbocycles. The van der Waals surface area contributed by atoms with Crippen LogP contribution in [-0.2, 0) is 14.8 Å². The lowest BCUT2D eigenvalue weighted by Gasteiger charge is -2.20. The Kier molecular flexibility index (Phi) is 4.80. The second-order valence-electron chi connectivity index (χ2n) is 4.26. The molecule has 1 aromatic heterocycles. The number of nitrogens with zero attached hydrogens (tertiary/aromatic N) is 1. The molecule has 1 aromatic rings. The van der Waals surface area contributed by atoms with Crippen LogP contribution in [0.1, 0.15) is 20.3 Å². The number of hydrogen-bond donors (Lipinski definition) is 2. The van der Waals surface area contributed by atoms with Crippen molar-refractivity contribution >= 4 is 16.0 Å². The fourth-order valence-electron chi connectivity index (χ4n) is 1.37. The van der Waals surface area contributed by atoms with E-state index in [1.165, 1.54) is 24.5 Å². The molecule has 100 valence electrons. The molecule has 0 aromatic carbocycles. The third kappa shape index (κ3) is 4.08. The van der Waals surface area contributed by atoms with Crippen LogP contribution in [0, 0.1) is 5.92 Å². The Labute approximate surface area is 106 Å². The summed E-state index contributed by atoms with van der Waals surface area (Å²) in [5, 5.41) is 8.75. The summed E-state index contributed by atoms with van der Waals surface area (Å²) in [6.45, 7) is 3.53. The van der Waals surface area contributed by atoms with Crippen LogP contribution in [0.3, 0.4) is 0 Å². The topological polar surface area (TPSA) is 96.4 Å². The fourth-order valence-corrected chi connectivity index (χ4v) is 2.72. The number of carboxylic acids is 1. The summed E-state index contributed by atoms with van der Waals surface area (Å²) < 4.78 is 26.4. The SMILES string of the molecule is CC(C)C(CC(=O)O)NS(=O)(=O)c1cccnc1. The van der Waals surface area contributed by atoms with Crippen LogP contribution < -0.4 is 4.72 Å². The second kappa shape index (κ2) is 5.92. The smallest absolute Gasteiger partial charge is 0.304 e. The zero-order valence-electron chi connectivity index (χ0n) is 10.2. The van der Waals surface area contributed by atoms with Crippen LogP contribution in [0.15, 0.2) is 29.4 Å². The van der Waals surface area contributed by atoms with Gasteiger partial charge in [0.05, 0.1) is 6.42 Å². The maximum absolute atomic E-state index is 12.0. The summed E-state index contributed by atoms with van der Waals surface area (Å²) in [7, 11) is -3.73. The number of carboxylic acid groups (broad SMARTS) is 1. The molecule has 2 N–H and O–H groups in total. The molecule has 0 radical (unpaired) electrons. The Bertz CT molecular complexity index is 499. The van der Waals surface area contributed by atoms with Gasteiger partial charge in [-0.1, -0.05) is 13.8 Å². The van der Waals surface area contributed by atoms with E-state index in [4.69, 9.17) is 5.11 Å². The summed E-state index contributed by atoms with van der Waals surface area (Å²) in [6, 6.07) is 2.27. The van der Waals surface area contributed by atoms with Gasteiger partial charge in [0.15, 0.2) is 0 Å². The van der Waals surface area contributed by atoms with Crippen LogP contribution in [0.2, 0.25) is 0 Å².